The fraction of sp³-hybridized carbons (Fsp3) is 0.357. The van der Waals surface area contributed by atoms with Crippen LogP contribution in [-0.4, -0.2) is 21.5 Å². The van der Waals surface area contributed by atoms with Crippen molar-refractivity contribution in [2.75, 3.05) is 11.9 Å². The summed E-state index contributed by atoms with van der Waals surface area (Å²) in [6, 6.07) is 3.96. The van der Waals surface area contributed by atoms with E-state index in [0.717, 1.165) is 44.7 Å². The molecule has 0 aliphatic carbocycles. The third-order valence-corrected chi connectivity index (χ3v) is 4.22. The molecule has 0 aliphatic rings. The highest BCUT2D eigenvalue weighted by molar-refractivity contribution is 9.10. The first-order chi connectivity index (χ1) is 9.63. The first kappa shape index (κ1) is 15.3. The summed E-state index contributed by atoms with van der Waals surface area (Å²) in [6.45, 7) is 7.02. The Morgan fingerprint density at radius 1 is 1.25 bits per heavy atom. The van der Waals surface area contributed by atoms with Crippen LogP contribution in [0.1, 0.15) is 25.2 Å². The first-order valence-corrected chi connectivity index (χ1v) is 8.15. The Morgan fingerprint density at radius 3 is 2.65 bits per heavy atom. The summed E-state index contributed by atoms with van der Waals surface area (Å²) in [7, 11) is 0. The van der Waals surface area contributed by atoms with E-state index in [4.69, 9.17) is 0 Å². The standard InChI is InChI=1S/C14H17BrN4S/c1-4-11-18-13(16-5-2)9(3)14(19-11)20-12-7-6-10(15)8-17-12/h6-8H,4-5H2,1-3H3,(H,16,18,19). The van der Waals surface area contributed by atoms with Gasteiger partial charge in [-0.1, -0.05) is 6.92 Å². The molecule has 0 unspecified atom stereocenters. The minimum Gasteiger partial charge on any atom is -0.370 e. The molecule has 0 saturated carbocycles. The van der Waals surface area contributed by atoms with Crippen LogP contribution in [0, 0.1) is 6.92 Å². The zero-order valence-electron chi connectivity index (χ0n) is 11.8. The average Bonchev–Trinajstić information content (AvgIpc) is 2.45. The summed E-state index contributed by atoms with van der Waals surface area (Å²) in [5.41, 5.74) is 1.07. The van der Waals surface area contributed by atoms with Crippen molar-refractivity contribution in [1.82, 2.24) is 15.0 Å². The summed E-state index contributed by atoms with van der Waals surface area (Å²) >= 11 is 4.96. The average molecular weight is 353 g/mol. The fourth-order valence-corrected chi connectivity index (χ4v) is 2.73. The molecule has 0 saturated heterocycles. The number of nitrogens with one attached hydrogen (secondary N) is 1. The van der Waals surface area contributed by atoms with E-state index in [-0.39, 0.29) is 0 Å². The summed E-state index contributed by atoms with van der Waals surface area (Å²) in [4.78, 5) is 13.5. The molecule has 0 amide bonds. The van der Waals surface area contributed by atoms with E-state index in [1.165, 1.54) is 0 Å². The van der Waals surface area contributed by atoms with E-state index in [1.54, 1.807) is 18.0 Å². The predicted octanol–water partition coefficient (Wildman–Crippen LogP) is 4.09. The zero-order valence-corrected chi connectivity index (χ0v) is 14.2. The number of anilines is 1. The second-order valence-corrected chi connectivity index (χ2v) is 6.14. The maximum atomic E-state index is 4.61. The van der Waals surface area contributed by atoms with E-state index < -0.39 is 0 Å². The molecular weight excluding hydrogens is 336 g/mol. The van der Waals surface area contributed by atoms with Gasteiger partial charge < -0.3 is 5.32 Å². The highest BCUT2D eigenvalue weighted by atomic mass is 79.9. The molecule has 0 bridgehead atoms. The van der Waals surface area contributed by atoms with Gasteiger partial charge >= 0.3 is 0 Å². The third-order valence-electron chi connectivity index (χ3n) is 2.71. The Hall–Kier alpha value is -1.14. The van der Waals surface area contributed by atoms with Gasteiger partial charge in [-0.15, -0.1) is 0 Å². The number of hydrogen-bond acceptors (Lipinski definition) is 5. The van der Waals surface area contributed by atoms with Crippen molar-refractivity contribution in [2.45, 2.75) is 37.2 Å². The summed E-state index contributed by atoms with van der Waals surface area (Å²) in [5, 5.41) is 5.18. The molecule has 2 rings (SSSR count). The van der Waals surface area contributed by atoms with Gasteiger partial charge in [-0.2, -0.15) is 0 Å². The topological polar surface area (TPSA) is 50.7 Å². The number of aromatic nitrogens is 3. The largest absolute Gasteiger partial charge is 0.370 e. The number of hydrogen-bond donors (Lipinski definition) is 1. The van der Waals surface area contributed by atoms with Gasteiger partial charge in [0.15, 0.2) is 0 Å². The smallest absolute Gasteiger partial charge is 0.133 e. The van der Waals surface area contributed by atoms with Crippen LogP contribution in [0.4, 0.5) is 5.82 Å². The molecule has 2 aromatic rings. The van der Waals surface area contributed by atoms with Crippen LogP contribution in [0.3, 0.4) is 0 Å². The summed E-state index contributed by atoms with van der Waals surface area (Å²) in [6.07, 6.45) is 2.62. The normalized spacial score (nSPS) is 10.6. The van der Waals surface area contributed by atoms with Gasteiger partial charge in [-0.05, 0) is 53.7 Å². The van der Waals surface area contributed by atoms with Crippen molar-refractivity contribution >= 4 is 33.5 Å². The highest BCUT2D eigenvalue weighted by Crippen LogP contribution is 2.30. The molecule has 2 heterocycles. The van der Waals surface area contributed by atoms with Crippen molar-refractivity contribution in [3.63, 3.8) is 0 Å². The lowest BCUT2D eigenvalue weighted by atomic mass is 10.3. The molecule has 20 heavy (non-hydrogen) atoms. The van der Waals surface area contributed by atoms with Gasteiger partial charge in [0, 0.05) is 29.2 Å². The van der Waals surface area contributed by atoms with Crippen LogP contribution >= 0.6 is 27.7 Å². The highest BCUT2D eigenvalue weighted by Gasteiger charge is 2.11. The molecular formula is C14H17BrN4S. The van der Waals surface area contributed by atoms with Crippen LogP contribution in [-0.2, 0) is 6.42 Å². The van der Waals surface area contributed by atoms with Gasteiger partial charge in [-0.3, -0.25) is 0 Å². The maximum absolute atomic E-state index is 4.61. The molecule has 4 nitrogen and oxygen atoms in total. The van der Waals surface area contributed by atoms with Crippen molar-refractivity contribution in [3.8, 4) is 0 Å². The lowest BCUT2D eigenvalue weighted by Crippen LogP contribution is -2.07. The van der Waals surface area contributed by atoms with Gasteiger partial charge in [0.05, 0.1) is 0 Å². The minimum absolute atomic E-state index is 0.819. The Balaban J connectivity index is 2.34. The Labute approximate surface area is 132 Å². The monoisotopic (exact) mass is 352 g/mol. The van der Waals surface area contributed by atoms with Gasteiger partial charge in [0.1, 0.15) is 21.7 Å². The minimum atomic E-state index is 0.819. The lowest BCUT2D eigenvalue weighted by molar-refractivity contribution is 0.869. The van der Waals surface area contributed by atoms with Gasteiger partial charge in [0.25, 0.3) is 0 Å². The maximum Gasteiger partial charge on any atom is 0.133 e. The Kier molecular flexibility index (Phi) is 5.37. The van der Waals surface area contributed by atoms with E-state index in [9.17, 15) is 0 Å². The molecule has 0 spiro atoms. The molecule has 2 aromatic heterocycles. The molecule has 6 heteroatoms. The molecule has 1 N–H and O–H groups in total. The van der Waals surface area contributed by atoms with Crippen LogP contribution in [0.5, 0.6) is 0 Å². The second-order valence-electron chi connectivity index (χ2n) is 4.22. The second kappa shape index (κ2) is 7.04. The van der Waals surface area contributed by atoms with Crippen LogP contribution in [0.15, 0.2) is 32.9 Å². The van der Waals surface area contributed by atoms with Crippen LogP contribution in [0.25, 0.3) is 0 Å². The van der Waals surface area contributed by atoms with Crippen molar-refractivity contribution in [3.05, 3.63) is 34.2 Å². The number of halogens is 1. The Bertz CT molecular complexity index is 586. The van der Waals surface area contributed by atoms with E-state index in [1.807, 2.05) is 19.1 Å². The molecule has 0 fully saturated rings. The first-order valence-electron chi connectivity index (χ1n) is 6.54. The van der Waals surface area contributed by atoms with Crippen LogP contribution < -0.4 is 5.32 Å². The number of pyridine rings is 1. The predicted molar refractivity (Wildman–Crippen MR) is 86.4 cm³/mol. The van der Waals surface area contributed by atoms with Gasteiger partial charge in [-0.25, -0.2) is 15.0 Å². The van der Waals surface area contributed by atoms with E-state index >= 15 is 0 Å². The number of aryl methyl sites for hydroxylation is 1. The summed E-state index contributed by atoms with van der Waals surface area (Å²) < 4.78 is 0.976. The quantitative estimate of drug-likeness (QED) is 0.821. The lowest BCUT2D eigenvalue weighted by Gasteiger charge is -2.12. The number of rotatable bonds is 5. The van der Waals surface area contributed by atoms with Crippen LogP contribution in [0.2, 0.25) is 0 Å². The molecule has 0 radical (unpaired) electrons. The van der Waals surface area contributed by atoms with E-state index in [0.29, 0.717) is 0 Å². The third kappa shape index (κ3) is 3.70. The molecule has 0 aromatic carbocycles. The van der Waals surface area contributed by atoms with Crippen molar-refractivity contribution in [2.24, 2.45) is 0 Å². The van der Waals surface area contributed by atoms with Gasteiger partial charge in [0.2, 0.25) is 0 Å². The SMILES string of the molecule is CCNc1nc(CC)nc(Sc2ccc(Br)cn2)c1C. The molecule has 0 atom stereocenters. The zero-order chi connectivity index (χ0) is 14.5. The van der Waals surface area contributed by atoms with Crippen molar-refractivity contribution in [1.29, 1.82) is 0 Å². The van der Waals surface area contributed by atoms with Crippen molar-refractivity contribution < 1.29 is 0 Å². The van der Waals surface area contributed by atoms with E-state index in [2.05, 4.69) is 50.0 Å². The fourth-order valence-electron chi connectivity index (χ4n) is 1.66. The summed E-state index contributed by atoms with van der Waals surface area (Å²) in [5.74, 6) is 1.77. The number of nitrogens with zero attached hydrogens (tertiary/aromatic N) is 3. The molecule has 106 valence electrons. The Morgan fingerprint density at radius 2 is 2.05 bits per heavy atom. The molecule has 0 aliphatic heterocycles.